The zero-order valence-corrected chi connectivity index (χ0v) is 14.0. The lowest BCUT2D eigenvalue weighted by atomic mass is 9.74. The van der Waals surface area contributed by atoms with Gasteiger partial charge in [0.15, 0.2) is 0 Å². The molecule has 1 fully saturated rings. The molecule has 120 valence electrons. The highest BCUT2D eigenvalue weighted by Gasteiger charge is 2.41. The van der Waals surface area contributed by atoms with E-state index in [0.717, 1.165) is 38.5 Å². The van der Waals surface area contributed by atoms with Crippen molar-refractivity contribution in [3.8, 4) is 0 Å². The molecule has 1 unspecified atom stereocenters. The molecular weight excluding hydrogens is 250 g/mol. The highest BCUT2D eigenvalue weighted by Crippen LogP contribution is 2.38. The van der Waals surface area contributed by atoms with Gasteiger partial charge in [0.2, 0.25) is 0 Å². The molecule has 0 aromatic rings. The molecule has 0 aliphatic heterocycles. The zero-order valence-electron chi connectivity index (χ0n) is 14.0. The smallest absolute Gasteiger partial charge is 0.0834 e. The van der Waals surface area contributed by atoms with E-state index in [0.29, 0.717) is 6.04 Å². The lowest BCUT2D eigenvalue weighted by Crippen LogP contribution is -2.54. The second-order valence-electron chi connectivity index (χ2n) is 6.32. The van der Waals surface area contributed by atoms with E-state index >= 15 is 0 Å². The van der Waals surface area contributed by atoms with Gasteiger partial charge >= 0.3 is 0 Å². The van der Waals surface area contributed by atoms with Gasteiger partial charge in [-0.05, 0) is 64.3 Å². The summed E-state index contributed by atoms with van der Waals surface area (Å²) >= 11 is 0. The first-order valence-electron chi connectivity index (χ1n) is 8.54. The average Bonchev–Trinajstić information content (AvgIpc) is 2.46. The maximum atomic E-state index is 6.31. The molecule has 1 aliphatic carbocycles. The summed E-state index contributed by atoms with van der Waals surface area (Å²) in [5.74, 6) is 0.856. The molecule has 0 aromatic carbocycles. The number of nitrogens with one attached hydrogen (secondary N) is 1. The summed E-state index contributed by atoms with van der Waals surface area (Å²) < 4.78 is 11.5. The number of methoxy groups -OCH3 is 1. The first kappa shape index (κ1) is 17.9. The van der Waals surface area contributed by atoms with E-state index in [1.54, 1.807) is 7.11 Å². The van der Waals surface area contributed by atoms with Gasteiger partial charge in [-0.1, -0.05) is 13.8 Å². The van der Waals surface area contributed by atoms with Crippen LogP contribution in [0.1, 0.15) is 65.7 Å². The van der Waals surface area contributed by atoms with Gasteiger partial charge in [-0.2, -0.15) is 0 Å². The van der Waals surface area contributed by atoms with Gasteiger partial charge in [-0.25, -0.2) is 0 Å². The van der Waals surface area contributed by atoms with Crippen LogP contribution < -0.4 is 5.32 Å². The van der Waals surface area contributed by atoms with Gasteiger partial charge < -0.3 is 14.8 Å². The van der Waals surface area contributed by atoms with E-state index in [1.807, 2.05) is 0 Å². The van der Waals surface area contributed by atoms with E-state index in [2.05, 4.69) is 26.1 Å². The zero-order chi connectivity index (χ0) is 14.8. The molecule has 0 spiro atoms. The van der Waals surface area contributed by atoms with E-state index in [4.69, 9.17) is 9.47 Å². The molecule has 1 aliphatic rings. The summed E-state index contributed by atoms with van der Waals surface area (Å²) in [6.07, 6.45) is 8.46. The van der Waals surface area contributed by atoms with Crippen molar-refractivity contribution in [1.29, 1.82) is 0 Å². The molecule has 1 rings (SSSR count). The van der Waals surface area contributed by atoms with Crippen molar-refractivity contribution < 1.29 is 9.47 Å². The van der Waals surface area contributed by atoms with Crippen LogP contribution in [-0.4, -0.2) is 38.5 Å². The van der Waals surface area contributed by atoms with E-state index in [1.165, 1.54) is 32.1 Å². The molecular formula is C17H35NO2. The third-order valence-electron chi connectivity index (χ3n) is 4.67. The molecule has 0 aromatic heterocycles. The van der Waals surface area contributed by atoms with Crippen LogP contribution in [0.3, 0.4) is 0 Å². The minimum Gasteiger partial charge on any atom is -0.385 e. The van der Waals surface area contributed by atoms with Gasteiger partial charge in [0.1, 0.15) is 0 Å². The molecule has 0 saturated heterocycles. The van der Waals surface area contributed by atoms with Crippen molar-refractivity contribution >= 4 is 0 Å². The van der Waals surface area contributed by atoms with Crippen LogP contribution in [0.2, 0.25) is 0 Å². The van der Waals surface area contributed by atoms with Crippen molar-refractivity contribution in [3.63, 3.8) is 0 Å². The van der Waals surface area contributed by atoms with Crippen molar-refractivity contribution in [3.05, 3.63) is 0 Å². The fourth-order valence-electron chi connectivity index (χ4n) is 3.43. The second kappa shape index (κ2) is 9.75. The standard InChI is InChI=1S/C17H35NO2/c1-5-13-18-16(8-7-14-19-4)17(20-6-2)11-9-15(3)10-12-17/h15-16,18H,5-14H2,1-4H3. The Bertz CT molecular complexity index is 237. The van der Waals surface area contributed by atoms with E-state index < -0.39 is 0 Å². The average molecular weight is 285 g/mol. The first-order valence-corrected chi connectivity index (χ1v) is 8.54. The summed E-state index contributed by atoms with van der Waals surface area (Å²) in [5.41, 5.74) is 0.0597. The fourth-order valence-corrected chi connectivity index (χ4v) is 3.43. The molecule has 1 N–H and O–H groups in total. The Labute approximate surface area is 125 Å². The Hall–Kier alpha value is -0.120. The van der Waals surface area contributed by atoms with Crippen LogP contribution in [0.15, 0.2) is 0 Å². The van der Waals surface area contributed by atoms with Crippen LogP contribution in [0.5, 0.6) is 0 Å². The predicted octanol–water partition coefficient (Wildman–Crippen LogP) is 3.77. The van der Waals surface area contributed by atoms with Crippen LogP contribution in [-0.2, 0) is 9.47 Å². The van der Waals surface area contributed by atoms with E-state index in [-0.39, 0.29) is 5.60 Å². The SMILES string of the molecule is CCCNC(CCCOC)C1(OCC)CCC(C)CC1. The van der Waals surface area contributed by atoms with Crippen molar-refractivity contribution in [2.45, 2.75) is 77.4 Å². The van der Waals surface area contributed by atoms with Crippen molar-refractivity contribution in [2.24, 2.45) is 5.92 Å². The lowest BCUT2D eigenvalue weighted by Gasteiger charge is -2.45. The minimum absolute atomic E-state index is 0.0597. The quantitative estimate of drug-likeness (QED) is 0.620. The molecule has 0 bridgehead atoms. The molecule has 1 atom stereocenters. The van der Waals surface area contributed by atoms with Gasteiger partial charge in [-0.15, -0.1) is 0 Å². The number of hydrogen-bond donors (Lipinski definition) is 1. The third-order valence-corrected chi connectivity index (χ3v) is 4.67. The van der Waals surface area contributed by atoms with Crippen LogP contribution in [0.4, 0.5) is 0 Å². The number of ether oxygens (including phenoxy) is 2. The summed E-state index contributed by atoms with van der Waals surface area (Å²) in [5, 5.41) is 3.76. The van der Waals surface area contributed by atoms with Crippen molar-refractivity contribution in [1.82, 2.24) is 5.32 Å². The Morgan fingerprint density at radius 1 is 1.25 bits per heavy atom. The van der Waals surface area contributed by atoms with Gasteiger partial charge in [-0.3, -0.25) is 0 Å². The highest BCUT2D eigenvalue weighted by molar-refractivity contribution is 4.96. The van der Waals surface area contributed by atoms with Gasteiger partial charge in [0, 0.05) is 26.4 Å². The number of hydrogen-bond acceptors (Lipinski definition) is 3. The van der Waals surface area contributed by atoms with Crippen LogP contribution >= 0.6 is 0 Å². The van der Waals surface area contributed by atoms with Gasteiger partial charge in [0.05, 0.1) is 5.60 Å². The second-order valence-corrected chi connectivity index (χ2v) is 6.32. The highest BCUT2D eigenvalue weighted by atomic mass is 16.5. The van der Waals surface area contributed by atoms with Gasteiger partial charge in [0.25, 0.3) is 0 Å². The normalized spacial score (nSPS) is 28.5. The third kappa shape index (κ3) is 5.34. The molecule has 3 heteroatoms. The number of rotatable bonds is 10. The Morgan fingerprint density at radius 2 is 1.95 bits per heavy atom. The lowest BCUT2D eigenvalue weighted by molar-refractivity contribution is -0.0985. The molecule has 0 amide bonds. The van der Waals surface area contributed by atoms with Crippen LogP contribution in [0, 0.1) is 5.92 Å². The maximum Gasteiger partial charge on any atom is 0.0834 e. The largest absolute Gasteiger partial charge is 0.385 e. The van der Waals surface area contributed by atoms with Crippen molar-refractivity contribution in [2.75, 3.05) is 26.9 Å². The fraction of sp³-hybridized carbons (Fsp3) is 1.00. The summed E-state index contributed by atoms with van der Waals surface area (Å²) in [6, 6.07) is 0.477. The summed E-state index contributed by atoms with van der Waals surface area (Å²) in [7, 11) is 1.79. The monoisotopic (exact) mass is 285 g/mol. The Kier molecular flexibility index (Phi) is 8.74. The Balaban J connectivity index is 2.68. The molecule has 3 nitrogen and oxygen atoms in total. The molecule has 0 radical (unpaired) electrons. The topological polar surface area (TPSA) is 30.5 Å². The summed E-state index contributed by atoms with van der Waals surface area (Å²) in [4.78, 5) is 0. The first-order chi connectivity index (χ1) is 9.68. The molecule has 20 heavy (non-hydrogen) atoms. The molecule has 0 heterocycles. The maximum absolute atomic E-state index is 6.31. The van der Waals surface area contributed by atoms with Crippen LogP contribution in [0.25, 0.3) is 0 Å². The molecule has 1 saturated carbocycles. The Morgan fingerprint density at radius 3 is 2.50 bits per heavy atom. The predicted molar refractivity (Wildman–Crippen MR) is 85.2 cm³/mol. The van der Waals surface area contributed by atoms with E-state index in [9.17, 15) is 0 Å². The minimum atomic E-state index is 0.0597. The summed E-state index contributed by atoms with van der Waals surface area (Å²) in [6.45, 7) is 9.49.